The lowest BCUT2D eigenvalue weighted by molar-refractivity contribution is 0.329. The number of unbranched alkanes of at least 4 members (excludes halogenated alkanes) is 2. The van der Waals surface area contributed by atoms with Crippen LogP contribution in [0.1, 0.15) is 103 Å². The van der Waals surface area contributed by atoms with Crippen molar-refractivity contribution in [2.75, 3.05) is 37.7 Å². The van der Waals surface area contributed by atoms with Crippen molar-refractivity contribution < 1.29 is 8.42 Å². The van der Waals surface area contributed by atoms with E-state index in [4.69, 9.17) is 0 Å². The molecule has 0 atom stereocenters. The molecule has 0 aromatic rings. The van der Waals surface area contributed by atoms with Crippen molar-refractivity contribution in [3.63, 3.8) is 0 Å². The molecule has 0 radical (unpaired) electrons. The third kappa shape index (κ3) is 17.3. The van der Waals surface area contributed by atoms with Gasteiger partial charge in [-0.25, -0.2) is 8.42 Å². The van der Waals surface area contributed by atoms with Gasteiger partial charge in [0.2, 0.25) is 8.87 Å². The van der Waals surface area contributed by atoms with Crippen LogP contribution in [0, 0.1) is 11.8 Å². The molecule has 0 amide bonds. The number of hydrogen-bond acceptors (Lipinski definition) is 5. The molecule has 2 aliphatic carbocycles. The third-order valence-corrected chi connectivity index (χ3v) is 10.5. The third-order valence-electron chi connectivity index (χ3n) is 6.95. The summed E-state index contributed by atoms with van der Waals surface area (Å²) >= 11 is 0. The van der Waals surface area contributed by atoms with E-state index < -0.39 is 8.87 Å². The number of rotatable bonds is 17. The summed E-state index contributed by atoms with van der Waals surface area (Å²) in [5.41, 5.74) is 0. The molecule has 2 aliphatic rings. The van der Waals surface area contributed by atoms with Crippen LogP contribution in [0.15, 0.2) is 0 Å². The molecule has 194 valence electrons. The highest BCUT2D eigenvalue weighted by atomic mass is 35.5. The van der Waals surface area contributed by atoms with Gasteiger partial charge in [0.05, 0.1) is 5.75 Å². The monoisotopic (exact) mass is 532 g/mol. The molecule has 0 heterocycles. The lowest BCUT2D eigenvalue weighted by atomic mass is 9.86. The first-order valence-electron chi connectivity index (χ1n) is 12.9. The van der Waals surface area contributed by atoms with E-state index in [1.165, 1.54) is 103 Å². The standard InChI is InChI=1S/C24H48N2O2S2.2ClH/c27-30(28,22-20-26-18-10-8-16-24-13-5-2-6-14-24)29-21-19-25-17-9-7-15-23-11-3-1-4-12-23;;/h23-26H,1-22H2;2*1H. The van der Waals surface area contributed by atoms with Gasteiger partial charge in [-0.15, -0.1) is 24.8 Å². The normalized spacial score (nSPS) is 18.1. The second-order valence-corrected chi connectivity index (χ2v) is 14.0. The SMILES string of the molecule is Cl.Cl.O=S(=O)(CCNCCCCC1CCCCC1)SCCNCCCCC1CCCCC1. The minimum atomic E-state index is -2.99. The summed E-state index contributed by atoms with van der Waals surface area (Å²) in [5, 5.41) is 6.73. The molecule has 0 aromatic carbocycles. The predicted molar refractivity (Wildman–Crippen MR) is 147 cm³/mol. The first kappa shape index (κ1) is 32.8. The molecule has 2 rings (SSSR count). The summed E-state index contributed by atoms with van der Waals surface area (Å²) in [6.07, 6.45) is 22.1. The van der Waals surface area contributed by atoms with Gasteiger partial charge in [-0.05, 0) is 48.6 Å². The highest BCUT2D eigenvalue weighted by Gasteiger charge is 2.14. The van der Waals surface area contributed by atoms with Gasteiger partial charge in [0, 0.05) is 18.8 Å². The average Bonchev–Trinajstić information content (AvgIpc) is 2.76. The summed E-state index contributed by atoms with van der Waals surface area (Å²) in [5.74, 6) is 2.85. The van der Waals surface area contributed by atoms with Gasteiger partial charge >= 0.3 is 0 Å². The Kier molecular flexibility index (Phi) is 21.6. The van der Waals surface area contributed by atoms with Crippen LogP contribution < -0.4 is 10.6 Å². The van der Waals surface area contributed by atoms with Crippen LogP contribution in [0.4, 0.5) is 0 Å². The molecular weight excluding hydrogens is 483 g/mol. The molecule has 2 N–H and O–H groups in total. The highest BCUT2D eigenvalue weighted by Crippen LogP contribution is 2.28. The number of hydrogen-bond donors (Lipinski definition) is 2. The van der Waals surface area contributed by atoms with Crippen molar-refractivity contribution in [2.24, 2.45) is 11.8 Å². The lowest BCUT2D eigenvalue weighted by Crippen LogP contribution is -2.24. The van der Waals surface area contributed by atoms with Crippen LogP contribution in [-0.2, 0) is 8.87 Å². The van der Waals surface area contributed by atoms with E-state index >= 15 is 0 Å². The van der Waals surface area contributed by atoms with Crippen molar-refractivity contribution >= 4 is 44.5 Å². The van der Waals surface area contributed by atoms with Crippen LogP contribution in [0.25, 0.3) is 0 Å². The van der Waals surface area contributed by atoms with E-state index in [2.05, 4.69) is 10.6 Å². The molecule has 2 fully saturated rings. The highest BCUT2D eigenvalue weighted by molar-refractivity contribution is 8.72. The van der Waals surface area contributed by atoms with Crippen molar-refractivity contribution in [3.05, 3.63) is 0 Å². The maximum atomic E-state index is 12.1. The number of nitrogens with one attached hydrogen (secondary N) is 2. The van der Waals surface area contributed by atoms with Crippen LogP contribution in [0.3, 0.4) is 0 Å². The minimum absolute atomic E-state index is 0. The van der Waals surface area contributed by atoms with Crippen LogP contribution in [0.2, 0.25) is 0 Å². The first-order chi connectivity index (χ1) is 14.7. The van der Waals surface area contributed by atoms with Gasteiger partial charge < -0.3 is 10.6 Å². The van der Waals surface area contributed by atoms with Gasteiger partial charge in [0.1, 0.15) is 0 Å². The first-order valence-corrected chi connectivity index (χ1v) is 16.1. The molecule has 0 spiro atoms. The van der Waals surface area contributed by atoms with Crippen molar-refractivity contribution in [1.82, 2.24) is 10.6 Å². The van der Waals surface area contributed by atoms with E-state index in [1.54, 1.807) is 0 Å². The van der Waals surface area contributed by atoms with E-state index in [0.29, 0.717) is 12.3 Å². The molecule has 0 bridgehead atoms. The van der Waals surface area contributed by atoms with E-state index in [-0.39, 0.29) is 30.6 Å². The lowest BCUT2D eigenvalue weighted by Gasteiger charge is -2.21. The largest absolute Gasteiger partial charge is 0.316 e. The van der Waals surface area contributed by atoms with Crippen LogP contribution in [-0.4, -0.2) is 46.1 Å². The van der Waals surface area contributed by atoms with E-state index in [9.17, 15) is 8.42 Å². The van der Waals surface area contributed by atoms with Crippen LogP contribution in [0.5, 0.6) is 0 Å². The van der Waals surface area contributed by atoms with E-state index in [1.807, 2.05) is 0 Å². The fourth-order valence-electron chi connectivity index (χ4n) is 5.06. The molecule has 8 heteroatoms. The number of halogens is 2. The average molecular weight is 534 g/mol. The molecule has 4 nitrogen and oxygen atoms in total. The van der Waals surface area contributed by atoms with Crippen LogP contribution >= 0.6 is 35.6 Å². The zero-order valence-corrected chi connectivity index (χ0v) is 23.4. The summed E-state index contributed by atoms with van der Waals surface area (Å²) in [7, 11) is -1.87. The Bertz CT molecular complexity index is 512. The topological polar surface area (TPSA) is 58.2 Å². The molecule has 0 aromatic heterocycles. The summed E-state index contributed by atoms with van der Waals surface area (Å²) in [6, 6.07) is 0. The molecule has 2 saturated carbocycles. The Morgan fingerprint density at radius 3 is 1.59 bits per heavy atom. The maximum absolute atomic E-state index is 12.1. The van der Waals surface area contributed by atoms with Gasteiger partial charge in [-0.1, -0.05) is 89.9 Å². The fraction of sp³-hybridized carbons (Fsp3) is 1.00. The molecule has 0 unspecified atom stereocenters. The van der Waals surface area contributed by atoms with E-state index in [0.717, 1.165) is 42.3 Å². The van der Waals surface area contributed by atoms with Gasteiger partial charge in [0.15, 0.2) is 0 Å². The van der Waals surface area contributed by atoms with Gasteiger partial charge in [-0.3, -0.25) is 0 Å². The van der Waals surface area contributed by atoms with Gasteiger partial charge in [-0.2, -0.15) is 0 Å². The molecular formula is C24H50Cl2N2O2S2. The smallest absolute Gasteiger partial charge is 0.202 e. The van der Waals surface area contributed by atoms with Gasteiger partial charge in [0.25, 0.3) is 0 Å². The fourth-order valence-corrected chi connectivity index (χ4v) is 7.67. The quantitative estimate of drug-likeness (QED) is 0.164. The Hall–Kier alpha value is 0.800. The Balaban J connectivity index is 0.00000480. The summed E-state index contributed by atoms with van der Waals surface area (Å²) in [4.78, 5) is 0. The maximum Gasteiger partial charge on any atom is 0.202 e. The zero-order valence-electron chi connectivity index (χ0n) is 20.2. The predicted octanol–water partition coefficient (Wildman–Crippen LogP) is 6.57. The summed E-state index contributed by atoms with van der Waals surface area (Å²) < 4.78 is 24.3. The molecule has 0 aliphatic heterocycles. The minimum Gasteiger partial charge on any atom is -0.316 e. The van der Waals surface area contributed by atoms with Crippen molar-refractivity contribution in [3.8, 4) is 0 Å². The molecule has 32 heavy (non-hydrogen) atoms. The second-order valence-electron chi connectivity index (χ2n) is 9.58. The van der Waals surface area contributed by atoms with Crippen molar-refractivity contribution in [1.29, 1.82) is 0 Å². The van der Waals surface area contributed by atoms with Crippen molar-refractivity contribution in [2.45, 2.75) is 103 Å². The summed E-state index contributed by atoms with van der Waals surface area (Å²) in [6.45, 7) is 3.36. The molecule has 0 saturated heterocycles. The zero-order chi connectivity index (χ0) is 21.3. The second kappa shape index (κ2) is 21.1. The Morgan fingerprint density at radius 1 is 0.625 bits per heavy atom. The Labute approximate surface area is 215 Å². The Morgan fingerprint density at radius 2 is 1.09 bits per heavy atom.